The molecule has 0 aliphatic carbocycles. The lowest BCUT2D eigenvalue weighted by molar-refractivity contribution is -0.118. The first kappa shape index (κ1) is 21.5. The molecule has 0 spiro atoms. The number of thioether (sulfide) groups is 1. The van der Waals surface area contributed by atoms with E-state index in [1.165, 1.54) is 24.3 Å². The summed E-state index contributed by atoms with van der Waals surface area (Å²) in [7, 11) is 1.50. The van der Waals surface area contributed by atoms with Crippen LogP contribution < -0.4 is 15.0 Å². The maximum atomic E-state index is 13.0. The summed E-state index contributed by atoms with van der Waals surface area (Å²) in [6, 6.07) is 10.3. The molecule has 1 aromatic heterocycles. The minimum atomic E-state index is -0.375. The van der Waals surface area contributed by atoms with Crippen LogP contribution in [0.4, 0.5) is 5.69 Å². The molecule has 30 heavy (non-hydrogen) atoms. The van der Waals surface area contributed by atoms with E-state index in [1.807, 2.05) is 6.07 Å². The number of benzene rings is 1. The molecule has 1 N–H and O–H groups in total. The van der Waals surface area contributed by atoms with Crippen molar-refractivity contribution < 1.29 is 18.7 Å². The Morgan fingerprint density at radius 3 is 2.97 bits per heavy atom. The van der Waals surface area contributed by atoms with Crippen LogP contribution in [0.15, 0.2) is 51.7 Å². The maximum absolute atomic E-state index is 13.0. The first-order valence-electron chi connectivity index (χ1n) is 8.82. The zero-order valence-electron chi connectivity index (χ0n) is 15.9. The average Bonchev–Trinajstić information content (AvgIpc) is 3.35. The van der Waals surface area contributed by atoms with Gasteiger partial charge in [-0.2, -0.15) is 5.26 Å². The Labute approximate surface area is 182 Å². The van der Waals surface area contributed by atoms with E-state index in [0.29, 0.717) is 27.4 Å². The van der Waals surface area contributed by atoms with Gasteiger partial charge in [-0.1, -0.05) is 23.4 Å². The topological polar surface area (TPSA) is 108 Å². The van der Waals surface area contributed by atoms with Gasteiger partial charge in [0.25, 0.3) is 5.91 Å². The van der Waals surface area contributed by atoms with Crippen LogP contribution >= 0.6 is 23.4 Å². The highest BCUT2D eigenvalue weighted by atomic mass is 35.5. The van der Waals surface area contributed by atoms with Crippen LogP contribution in [0, 0.1) is 11.3 Å². The smallest absolute Gasteiger partial charge is 0.283 e. The zero-order valence-corrected chi connectivity index (χ0v) is 17.5. The molecule has 0 saturated carbocycles. The molecule has 0 saturated heterocycles. The number of methoxy groups -OCH3 is 1. The second-order valence-corrected chi connectivity index (χ2v) is 7.30. The van der Waals surface area contributed by atoms with Gasteiger partial charge in [-0.25, -0.2) is 4.99 Å². The monoisotopic (exact) mass is 444 g/mol. The highest BCUT2D eigenvalue weighted by molar-refractivity contribution is 8.14. The lowest BCUT2D eigenvalue weighted by Gasteiger charge is -2.18. The van der Waals surface area contributed by atoms with Gasteiger partial charge < -0.3 is 14.5 Å². The number of carbonyl (C=O) groups excluding carboxylic acids is 2. The van der Waals surface area contributed by atoms with Crippen LogP contribution in [-0.2, 0) is 9.59 Å². The Hall–Kier alpha value is -3.22. The molecule has 1 aromatic carbocycles. The fraction of sp³-hybridized carbons (Fsp3) is 0.200. The average molecular weight is 445 g/mol. The van der Waals surface area contributed by atoms with Gasteiger partial charge >= 0.3 is 0 Å². The predicted molar refractivity (Wildman–Crippen MR) is 115 cm³/mol. The molecule has 2 heterocycles. The Morgan fingerprint density at radius 2 is 2.30 bits per heavy atom. The number of amidine groups is 1. The van der Waals surface area contributed by atoms with Crippen LogP contribution in [0.5, 0.6) is 5.75 Å². The summed E-state index contributed by atoms with van der Waals surface area (Å²) in [6.07, 6.45) is 3.25. The van der Waals surface area contributed by atoms with Gasteiger partial charge in [-0.3, -0.25) is 14.5 Å². The van der Waals surface area contributed by atoms with Crippen molar-refractivity contribution in [2.45, 2.75) is 6.42 Å². The van der Waals surface area contributed by atoms with Crippen LogP contribution in [0.1, 0.15) is 12.2 Å². The molecule has 0 atom stereocenters. The van der Waals surface area contributed by atoms with Crippen LogP contribution in [-0.4, -0.2) is 36.4 Å². The highest BCUT2D eigenvalue weighted by Gasteiger charge is 2.33. The number of amides is 2. The maximum Gasteiger partial charge on any atom is 0.283 e. The number of nitrogens with one attached hydrogen (secondary N) is 1. The number of ether oxygens (including phenoxy) is 1. The number of nitriles is 1. The van der Waals surface area contributed by atoms with E-state index in [2.05, 4.69) is 10.3 Å². The summed E-state index contributed by atoms with van der Waals surface area (Å²) >= 11 is 7.33. The molecule has 1 aliphatic heterocycles. The summed E-state index contributed by atoms with van der Waals surface area (Å²) in [5, 5.41) is 11.9. The number of hydrogen-bond donors (Lipinski definition) is 1. The summed E-state index contributed by atoms with van der Waals surface area (Å²) < 4.78 is 10.4. The van der Waals surface area contributed by atoms with Crippen molar-refractivity contribution >= 4 is 52.1 Å². The zero-order chi connectivity index (χ0) is 21.5. The van der Waals surface area contributed by atoms with E-state index >= 15 is 0 Å². The minimum absolute atomic E-state index is 0.0337. The molecule has 0 bridgehead atoms. The Balaban J connectivity index is 1.85. The van der Waals surface area contributed by atoms with Gasteiger partial charge in [-0.05, 0) is 30.3 Å². The van der Waals surface area contributed by atoms with Gasteiger partial charge in [-0.15, -0.1) is 0 Å². The molecule has 2 aromatic rings. The molecule has 1 aliphatic rings. The Bertz CT molecular complexity index is 1040. The largest absolute Gasteiger partial charge is 0.495 e. The van der Waals surface area contributed by atoms with Crippen molar-refractivity contribution in [3.8, 4) is 11.8 Å². The lowest BCUT2D eigenvalue weighted by atomic mass is 10.2. The van der Waals surface area contributed by atoms with E-state index in [9.17, 15) is 9.59 Å². The van der Waals surface area contributed by atoms with Gasteiger partial charge in [0.15, 0.2) is 5.17 Å². The quantitative estimate of drug-likeness (QED) is 0.517. The second kappa shape index (κ2) is 10.0. The Morgan fingerprint density at radius 1 is 1.47 bits per heavy atom. The SMILES string of the molecule is COc1ccc(N2C(=O)C(=Cc3ccco3)N=C2SCC(=O)NCCC#N)cc1Cl. The molecular weight excluding hydrogens is 428 g/mol. The van der Waals surface area contributed by atoms with E-state index in [-0.39, 0.29) is 36.2 Å². The third kappa shape index (κ3) is 5.03. The van der Waals surface area contributed by atoms with Crippen molar-refractivity contribution in [2.75, 3.05) is 24.3 Å². The third-order valence-corrected chi connectivity index (χ3v) is 5.17. The molecule has 0 fully saturated rings. The molecular formula is C20H17ClN4O4S. The summed E-state index contributed by atoms with van der Waals surface area (Å²) in [4.78, 5) is 30.8. The van der Waals surface area contributed by atoms with E-state index in [1.54, 1.807) is 30.3 Å². The lowest BCUT2D eigenvalue weighted by Crippen LogP contribution is -2.32. The van der Waals surface area contributed by atoms with Gasteiger partial charge in [0.1, 0.15) is 17.2 Å². The second-order valence-electron chi connectivity index (χ2n) is 5.95. The molecule has 0 radical (unpaired) electrons. The number of nitrogens with zero attached hydrogens (tertiary/aromatic N) is 3. The fourth-order valence-corrected chi connectivity index (χ4v) is 3.66. The molecule has 10 heteroatoms. The summed E-state index contributed by atoms with van der Waals surface area (Å²) in [6.45, 7) is 0.267. The van der Waals surface area contributed by atoms with Gasteiger partial charge in [0.2, 0.25) is 5.91 Å². The van der Waals surface area contributed by atoms with E-state index in [4.69, 9.17) is 26.0 Å². The van der Waals surface area contributed by atoms with Crippen molar-refractivity contribution in [3.05, 3.63) is 53.1 Å². The first-order valence-corrected chi connectivity index (χ1v) is 10.2. The molecule has 8 nitrogen and oxygen atoms in total. The minimum Gasteiger partial charge on any atom is -0.495 e. The number of halogens is 1. The van der Waals surface area contributed by atoms with Crippen LogP contribution in [0.2, 0.25) is 5.02 Å². The van der Waals surface area contributed by atoms with Crippen molar-refractivity contribution in [3.63, 3.8) is 0 Å². The van der Waals surface area contributed by atoms with Gasteiger partial charge in [0, 0.05) is 12.6 Å². The number of anilines is 1. The fourth-order valence-electron chi connectivity index (χ4n) is 2.56. The van der Waals surface area contributed by atoms with E-state index in [0.717, 1.165) is 11.8 Å². The normalized spacial score (nSPS) is 14.6. The third-order valence-electron chi connectivity index (χ3n) is 3.94. The summed E-state index contributed by atoms with van der Waals surface area (Å²) in [5.41, 5.74) is 0.661. The van der Waals surface area contributed by atoms with Gasteiger partial charge in [0.05, 0.1) is 42.3 Å². The van der Waals surface area contributed by atoms with Crippen molar-refractivity contribution in [2.24, 2.45) is 4.99 Å². The number of rotatable bonds is 7. The number of aliphatic imine (C=N–C) groups is 1. The summed E-state index contributed by atoms with van der Waals surface area (Å²) in [5.74, 6) is 0.352. The highest BCUT2D eigenvalue weighted by Crippen LogP contribution is 2.34. The van der Waals surface area contributed by atoms with Crippen LogP contribution in [0.25, 0.3) is 6.08 Å². The predicted octanol–water partition coefficient (Wildman–Crippen LogP) is 3.45. The van der Waals surface area contributed by atoms with Crippen molar-refractivity contribution in [1.82, 2.24) is 5.32 Å². The molecule has 0 unspecified atom stereocenters. The number of carbonyl (C=O) groups is 2. The molecule has 2 amide bonds. The molecule has 3 rings (SSSR count). The van der Waals surface area contributed by atoms with Crippen LogP contribution in [0.3, 0.4) is 0 Å². The molecule has 154 valence electrons. The van der Waals surface area contributed by atoms with E-state index < -0.39 is 0 Å². The number of furan rings is 1. The standard InChI is InChI=1S/C20H17ClN4O4S/c1-28-17-6-5-13(10-15(17)21)25-19(27)16(11-14-4-2-9-29-14)24-20(25)30-12-18(26)23-8-3-7-22/h2,4-6,9-11H,3,8,12H2,1H3,(H,23,26). The Kier molecular flexibility index (Phi) is 7.17. The first-order chi connectivity index (χ1) is 14.5. The number of hydrogen-bond acceptors (Lipinski definition) is 7. The van der Waals surface area contributed by atoms with Crippen molar-refractivity contribution in [1.29, 1.82) is 5.26 Å².